The Labute approximate surface area is 141 Å². The molecule has 0 spiro atoms. The van der Waals surface area contributed by atoms with E-state index in [1.807, 2.05) is 12.1 Å². The van der Waals surface area contributed by atoms with Crippen LogP contribution in [0.5, 0.6) is 5.88 Å². The molecule has 1 aromatic heterocycles. The van der Waals surface area contributed by atoms with Gasteiger partial charge in [0.1, 0.15) is 5.82 Å². The van der Waals surface area contributed by atoms with E-state index in [0.717, 1.165) is 5.39 Å². The summed E-state index contributed by atoms with van der Waals surface area (Å²) in [4.78, 5) is 24.3. The summed E-state index contributed by atoms with van der Waals surface area (Å²) in [5, 5.41) is 16.7. The number of nitrogens with zero attached hydrogens (tertiary/aromatic N) is 1. The van der Waals surface area contributed by atoms with Crippen molar-refractivity contribution in [2.24, 2.45) is 0 Å². The number of benzene rings is 2. The predicted molar refractivity (Wildman–Crippen MR) is 88.4 cm³/mol. The Morgan fingerprint density at radius 2 is 1.80 bits per heavy atom. The lowest BCUT2D eigenvalue weighted by molar-refractivity contribution is -0.124. The molecule has 3 N–H and O–H groups in total. The van der Waals surface area contributed by atoms with E-state index in [0.29, 0.717) is 10.9 Å². The highest BCUT2D eigenvalue weighted by Crippen LogP contribution is 2.33. The van der Waals surface area contributed by atoms with Gasteiger partial charge in [0.25, 0.3) is 5.91 Å². The van der Waals surface area contributed by atoms with Crippen molar-refractivity contribution in [3.63, 3.8) is 0 Å². The molecule has 1 aliphatic rings. The van der Waals surface area contributed by atoms with Crippen LogP contribution in [0.4, 0.5) is 9.18 Å². The Morgan fingerprint density at radius 1 is 1.08 bits per heavy atom. The fourth-order valence-electron chi connectivity index (χ4n) is 3.20. The Kier molecular flexibility index (Phi) is 3.24. The minimum absolute atomic E-state index is 0.00830. The van der Waals surface area contributed by atoms with Crippen LogP contribution in [0.25, 0.3) is 10.8 Å². The molecular weight excluding hydrogens is 325 g/mol. The van der Waals surface area contributed by atoms with Crippen LogP contribution in [0.1, 0.15) is 5.56 Å². The summed E-state index contributed by atoms with van der Waals surface area (Å²) in [6.07, 6.45) is 1.70. The van der Waals surface area contributed by atoms with E-state index in [1.165, 1.54) is 28.8 Å². The SMILES string of the molecule is O=C1NC(=O)[C@](Cn2cc3ccccc3c2O)(c2ccc(F)cc2)N1. The van der Waals surface area contributed by atoms with E-state index in [9.17, 15) is 19.1 Å². The number of hydrogen-bond acceptors (Lipinski definition) is 3. The van der Waals surface area contributed by atoms with Gasteiger partial charge in [0, 0.05) is 17.0 Å². The van der Waals surface area contributed by atoms with Gasteiger partial charge in [-0.15, -0.1) is 0 Å². The summed E-state index contributed by atoms with van der Waals surface area (Å²) in [5.41, 5.74) is -1.01. The van der Waals surface area contributed by atoms with E-state index < -0.39 is 23.3 Å². The van der Waals surface area contributed by atoms with E-state index in [1.54, 1.807) is 18.3 Å². The standard InChI is InChI=1S/C18H14FN3O3/c19-13-7-5-12(6-8-13)18(16(24)20-17(25)21-18)10-22-9-11-3-1-2-4-14(11)15(22)23/h1-9,23H,10H2,(H2,20,21,24,25)/t18-/m0/s1. The third-order valence-electron chi connectivity index (χ3n) is 4.45. The zero-order valence-electron chi connectivity index (χ0n) is 13.0. The van der Waals surface area contributed by atoms with Crippen molar-refractivity contribution in [1.82, 2.24) is 15.2 Å². The van der Waals surface area contributed by atoms with Crippen LogP contribution in [-0.4, -0.2) is 21.6 Å². The van der Waals surface area contributed by atoms with E-state index in [-0.39, 0.29) is 12.4 Å². The largest absolute Gasteiger partial charge is 0.494 e. The fourth-order valence-corrected chi connectivity index (χ4v) is 3.20. The number of urea groups is 1. The monoisotopic (exact) mass is 339 g/mol. The molecule has 7 heteroatoms. The molecule has 1 atom stereocenters. The summed E-state index contributed by atoms with van der Waals surface area (Å²) in [6.45, 7) is -0.0310. The number of carbonyl (C=O) groups is 2. The highest BCUT2D eigenvalue weighted by molar-refractivity contribution is 6.07. The molecule has 3 aromatic rings. The van der Waals surface area contributed by atoms with Crippen molar-refractivity contribution >= 4 is 22.7 Å². The maximum atomic E-state index is 13.3. The Balaban J connectivity index is 1.84. The Morgan fingerprint density at radius 3 is 2.44 bits per heavy atom. The average molecular weight is 339 g/mol. The summed E-state index contributed by atoms with van der Waals surface area (Å²) in [6, 6.07) is 11.9. The van der Waals surface area contributed by atoms with E-state index in [4.69, 9.17) is 0 Å². The molecule has 2 heterocycles. The lowest BCUT2D eigenvalue weighted by Gasteiger charge is -2.27. The summed E-state index contributed by atoms with van der Waals surface area (Å²) >= 11 is 0. The van der Waals surface area contributed by atoms with Crippen LogP contribution in [0, 0.1) is 5.82 Å². The lowest BCUT2D eigenvalue weighted by Crippen LogP contribution is -2.47. The fraction of sp³-hybridized carbons (Fsp3) is 0.111. The molecule has 0 unspecified atom stereocenters. The van der Waals surface area contributed by atoms with Crippen LogP contribution in [0.3, 0.4) is 0 Å². The van der Waals surface area contributed by atoms with Crippen LogP contribution in [0.15, 0.2) is 54.7 Å². The minimum atomic E-state index is -1.43. The molecule has 3 amide bonds. The third-order valence-corrected chi connectivity index (χ3v) is 4.45. The van der Waals surface area contributed by atoms with Gasteiger partial charge in [-0.05, 0) is 23.8 Å². The quantitative estimate of drug-likeness (QED) is 0.640. The first-order valence-corrected chi connectivity index (χ1v) is 7.66. The van der Waals surface area contributed by atoms with Crippen LogP contribution < -0.4 is 10.6 Å². The molecule has 25 heavy (non-hydrogen) atoms. The molecule has 2 aromatic carbocycles. The normalized spacial score (nSPS) is 19.9. The number of aromatic nitrogens is 1. The molecule has 0 bridgehead atoms. The summed E-state index contributed by atoms with van der Waals surface area (Å²) in [5.74, 6) is -1.01. The molecule has 6 nitrogen and oxygen atoms in total. The van der Waals surface area contributed by atoms with Gasteiger partial charge in [-0.3, -0.25) is 10.1 Å². The number of carbonyl (C=O) groups excluding carboxylic acids is 2. The number of imide groups is 1. The van der Waals surface area contributed by atoms with Gasteiger partial charge in [0.2, 0.25) is 0 Å². The van der Waals surface area contributed by atoms with E-state index in [2.05, 4.69) is 10.6 Å². The topological polar surface area (TPSA) is 83.4 Å². The molecule has 4 rings (SSSR count). The first-order chi connectivity index (χ1) is 12.0. The van der Waals surface area contributed by atoms with Crippen molar-refractivity contribution < 1.29 is 19.1 Å². The smallest absolute Gasteiger partial charge is 0.322 e. The first kappa shape index (κ1) is 15.2. The molecule has 1 aliphatic heterocycles. The zero-order valence-corrected chi connectivity index (χ0v) is 13.0. The Hall–Kier alpha value is -3.35. The number of fused-ring (bicyclic) bond motifs is 1. The number of nitrogens with one attached hydrogen (secondary N) is 2. The third kappa shape index (κ3) is 2.32. The molecule has 126 valence electrons. The van der Waals surface area contributed by atoms with Gasteiger partial charge in [-0.2, -0.15) is 0 Å². The maximum absolute atomic E-state index is 13.3. The summed E-state index contributed by atoms with van der Waals surface area (Å²) in [7, 11) is 0. The van der Waals surface area contributed by atoms with Gasteiger partial charge >= 0.3 is 6.03 Å². The lowest BCUT2D eigenvalue weighted by atomic mass is 9.89. The second-order valence-electron chi connectivity index (χ2n) is 5.99. The average Bonchev–Trinajstić information content (AvgIpc) is 3.06. The summed E-state index contributed by atoms with van der Waals surface area (Å²) < 4.78 is 14.8. The van der Waals surface area contributed by atoms with Gasteiger partial charge < -0.3 is 15.0 Å². The number of rotatable bonds is 3. The van der Waals surface area contributed by atoms with Crippen molar-refractivity contribution in [3.05, 3.63) is 66.1 Å². The van der Waals surface area contributed by atoms with Gasteiger partial charge in [-0.25, -0.2) is 9.18 Å². The Bertz CT molecular complexity index is 996. The molecule has 0 radical (unpaired) electrons. The number of amides is 3. The first-order valence-electron chi connectivity index (χ1n) is 7.66. The molecular formula is C18H14FN3O3. The molecule has 1 saturated heterocycles. The molecule has 0 aliphatic carbocycles. The second-order valence-corrected chi connectivity index (χ2v) is 5.99. The minimum Gasteiger partial charge on any atom is -0.494 e. The second kappa shape index (κ2) is 5.34. The number of aromatic hydroxyl groups is 1. The van der Waals surface area contributed by atoms with Crippen molar-refractivity contribution in [2.75, 3.05) is 0 Å². The van der Waals surface area contributed by atoms with Crippen molar-refractivity contribution in [3.8, 4) is 5.88 Å². The highest BCUT2D eigenvalue weighted by Gasteiger charge is 2.48. The van der Waals surface area contributed by atoms with Gasteiger partial charge in [0.05, 0.1) is 6.54 Å². The van der Waals surface area contributed by atoms with Crippen LogP contribution in [-0.2, 0) is 16.9 Å². The van der Waals surface area contributed by atoms with Crippen LogP contribution in [0.2, 0.25) is 0 Å². The van der Waals surface area contributed by atoms with Crippen LogP contribution >= 0.6 is 0 Å². The maximum Gasteiger partial charge on any atom is 0.322 e. The van der Waals surface area contributed by atoms with Gasteiger partial charge in [-0.1, -0.05) is 30.3 Å². The number of hydrogen-bond donors (Lipinski definition) is 3. The predicted octanol–water partition coefficient (Wildman–Crippen LogP) is 2.22. The number of halogens is 1. The molecule has 1 fully saturated rings. The molecule has 0 saturated carbocycles. The van der Waals surface area contributed by atoms with Crippen molar-refractivity contribution in [2.45, 2.75) is 12.1 Å². The van der Waals surface area contributed by atoms with Crippen molar-refractivity contribution in [1.29, 1.82) is 0 Å². The zero-order chi connectivity index (χ0) is 17.6. The van der Waals surface area contributed by atoms with E-state index >= 15 is 0 Å². The highest BCUT2D eigenvalue weighted by atomic mass is 19.1. The van der Waals surface area contributed by atoms with Gasteiger partial charge in [0.15, 0.2) is 11.4 Å².